The normalized spacial score (nSPS) is 16.1. The summed E-state index contributed by atoms with van der Waals surface area (Å²) >= 11 is 0. The lowest BCUT2D eigenvalue weighted by atomic mass is 9.95. The monoisotopic (exact) mass is 423 g/mol. The van der Waals surface area contributed by atoms with Gasteiger partial charge in [-0.3, -0.25) is 9.59 Å². The molecule has 1 aliphatic rings. The summed E-state index contributed by atoms with van der Waals surface area (Å²) in [7, 11) is 3.27. The van der Waals surface area contributed by atoms with Crippen LogP contribution in [0.5, 0.6) is 11.5 Å². The molecule has 0 bridgehead atoms. The Morgan fingerprint density at radius 3 is 2.42 bits per heavy atom. The number of piperidine rings is 1. The van der Waals surface area contributed by atoms with E-state index >= 15 is 0 Å². The summed E-state index contributed by atoms with van der Waals surface area (Å²) in [6.45, 7) is 2.78. The molecule has 31 heavy (non-hydrogen) atoms. The minimum Gasteiger partial charge on any atom is -0.493 e. The first kappa shape index (κ1) is 22.9. The Morgan fingerprint density at radius 1 is 0.968 bits per heavy atom. The highest BCUT2D eigenvalue weighted by atomic mass is 16.5. The number of carbonyl (C=O) groups excluding carboxylic acids is 2. The van der Waals surface area contributed by atoms with Crippen molar-refractivity contribution in [2.75, 3.05) is 20.8 Å². The highest BCUT2D eigenvalue weighted by molar-refractivity contribution is 5.98. The van der Waals surface area contributed by atoms with Gasteiger partial charge in [-0.2, -0.15) is 0 Å². The van der Waals surface area contributed by atoms with Crippen LogP contribution >= 0.6 is 0 Å². The molecule has 5 nitrogen and oxygen atoms in total. The predicted molar refractivity (Wildman–Crippen MR) is 122 cm³/mol. The number of hydrogen-bond donors (Lipinski definition) is 0. The number of nitrogens with zero attached hydrogens (tertiary/aromatic N) is 1. The quantitative estimate of drug-likeness (QED) is 0.533. The third-order valence-electron chi connectivity index (χ3n) is 6.10. The van der Waals surface area contributed by atoms with Crippen molar-refractivity contribution in [3.8, 4) is 11.5 Å². The maximum atomic E-state index is 12.9. The Kier molecular flexibility index (Phi) is 8.10. The van der Waals surface area contributed by atoms with E-state index < -0.39 is 0 Å². The first-order valence-electron chi connectivity index (χ1n) is 11.1. The van der Waals surface area contributed by atoms with Gasteiger partial charge >= 0.3 is 0 Å². The van der Waals surface area contributed by atoms with E-state index in [4.69, 9.17) is 9.47 Å². The average Bonchev–Trinajstić information content (AvgIpc) is 2.81. The van der Waals surface area contributed by atoms with Gasteiger partial charge < -0.3 is 14.4 Å². The molecular formula is C26H33NO4. The third kappa shape index (κ3) is 6.09. The molecule has 0 aromatic heterocycles. The molecule has 1 unspecified atom stereocenters. The number of amides is 1. The highest BCUT2D eigenvalue weighted by Crippen LogP contribution is 2.29. The fourth-order valence-electron chi connectivity index (χ4n) is 4.25. The molecule has 1 amide bonds. The molecule has 0 N–H and O–H groups in total. The Morgan fingerprint density at radius 2 is 1.71 bits per heavy atom. The number of carbonyl (C=O) groups is 2. The van der Waals surface area contributed by atoms with E-state index in [0.29, 0.717) is 5.56 Å². The maximum Gasteiger partial charge on any atom is 0.223 e. The van der Waals surface area contributed by atoms with Crippen LogP contribution in [0.3, 0.4) is 0 Å². The van der Waals surface area contributed by atoms with Crippen molar-refractivity contribution in [1.82, 2.24) is 4.90 Å². The zero-order chi connectivity index (χ0) is 22.2. The molecule has 5 heteroatoms. The first-order valence-corrected chi connectivity index (χ1v) is 11.1. The SMILES string of the molecule is COc1ccc(CCC2CCCCN2C(=O)CCC(=O)c2ccc(C)cc2)cc1OC. The molecule has 1 fully saturated rings. The molecular weight excluding hydrogens is 390 g/mol. The van der Waals surface area contributed by atoms with Gasteiger partial charge in [-0.15, -0.1) is 0 Å². The van der Waals surface area contributed by atoms with Crippen molar-refractivity contribution in [2.45, 2.75) is 57.9 Å². The van der Waals surface area contributed by atoms with Crippen molar-refractivity contribution in [1.29, 1.82) is 0 Å². The molecule has 0 saturated carbocycles. The van der Waals surface area contributed by atoms with Crippen LogP contribution in [0.1, 0.15) is 60.0 Å². The van der Waals surface area contributed by atoms with Crippen molar-refractivity contribution in [3.05, 3.63) is 59.2 Å². The molecule has 2 aromatic carbocycles. The van der Waals surface area contributed by atoms with E-state index in [1.165, 1.54) is 5.56 Å². The summed E-state index contributed by atoms with van der Waals surface area (Å²) in [4.78, 5) is 27.4. The van der Waals surface area contributed by atoms with Crippen LogP contribution in [0, 0.1) is 6.92 Å². The molecule has 1 atom stereocenters. The van der Waals surface area contributed by atoms with Crippen LogP contribution in [-0.4, -0.2) is 43.4 Å². The molecule has 3 rings (SSSR count). The fraction of sp³-hybridized carbons (Fsp3) is 0.462. The van der Waals surface area contributed by atoms with Crippen molar-refractivity contribution in [2.24, 2.45) is 0 Å². The Labute approximate surface area is 185 Å². The summed E-state index contributed by atoms with van der Waals surface area (Å²) in [5.41, 5.74) is 2.98. The number of hydrogen-bond acceptors (Lipinski definition) is 4. The third-order valence-corrected chi connectivity index (χ3v) is 6.10. The summed E-state index contributed by atoms with van der Waals surface area (Å²) in [6.07, 6.45) is 5.52. The average molecular weight is 424 g/mol. The molecule has 166 valence electrons. The number of Topliss-reactive ketones (excluding diaryl/α,β-unsaturated/α-hetero) is 1. The summed E-state index contributed by atoms with van der Waals surface area (Å²) in [5, 5.41) is 0. The molecule has 1 aliphatic heterocycles. The zero-order valence-corrected chi connectivity index (χ0v) is 18.9. The number of ketones is 1. The largest absolute Gasteiger partial charge is 0.493 e. The van der Waals surface area contributed by atoms with Gasteiger partial charge in [0.05, 0.1) is 14.2 Å². The maximum absolute atomic E-state index is 12.9. The van der Waals surface area contributed by atoms with Gasteiger partial charge in [-0.1, -0.05) is 35.9 Å². The van der Waals surface area contributed by atoms with E-state index in [2.05, 4.69) is 6.07 Å². The molecule has 1 saturated heterocycles. The lowest BCUT2D eigenvalue weighted by molar-refractivity contribution is -0.135. The van der Waals surface area contributed by atoms with Crippen molar-refractivity contribution in [3.63, 3.8) is 0 Å². The topological polar surface area (TPSA) is 55.8 Å². The van der Waals surface area contributed by atoms with E-state index in [1.807, 2.05) is 48.2 Å². The van der Waals surface area contributed by atoms with Crippen LogP contribution in [0.25, 0.3) is 0 Å². The van der Waals surface area contributed by atoms with Crippen LogP contribution in [0.15, 0.2) is 42.5 Å². The molecule has 2 aromatic rings. The smallest absolute Gasteiger partial charge is 0.223 e. The van der Waals surface area contributed by atoms with E-state index in [9.17, 15) is 9.59 Å². The number of ether oxygens (including phenoxy) is 2. The highest BCUT2D eigenvalue weighted by Gasteiger charge is 2.26. The Hall–Kier alpha value is -2.82. The zero-order valence-electron chi connectivity index (χ0n) is 18.9. The Balaban J connectivity index is 1.56. The van der Waals surface area contributed by atoms with Crippen molar-refractivity contribution >= 4 is 11.7 Å². The molecule has 0 radical (unpaired) electrons. The Bertz CT molecular complexity index is 891. The van der Waals surface area contributed by atoms with Crippen LogP contribution in [-0.2, 0) is 11.2 Å². The lowest BCUT2D eigenvalue weighted by Gasteiger charge is -2.36. The van der Waals surface area contributed by atoms with Crippen molar-refractivity contribution < 1.29 is 19.1 Å². The van der Waals surface area contributed by atoms with Gasteiger partial charge in [0.25, 0.3) is 0 Å². The number of methoxy groups -OCH3 is 2. The first-order chi connectivity index (χ1) is 15.0. The number of benzene rings is 2. The summed E-state index contributed by atoms with van der Waals surface area (Å²) in [6, 6.07) is 13.8. The molecule has 0 spiro atoms. The van der Waals surface area contributed by atoms with Gasteiger partial charge in [-0.25, -0.2) is 0 Å². The second-order valence-corrected chi connectivity index (χ2v) is 8.25. The standard InChI is InChI=1S/C26H33NO4/c1-19-7-11-21(12-8-19)23(28)14-16-26(29)27-17-5-4-6-22(27)13-9-20-10-15-24(30-2)25(18-20)31-3/h7-8,10-12,15,18,22H,4-6,9,13-14,16-17H2,1-3H3. The van der Waals surface area contributed by atoms with Gasteiger partial charge in [0.15, 0.2) is 17.3 Å². The molecule has 1 heterocycles. The number of rotatable bonds is 9. The van der Waals surface area contributed by atoms with Gasteiger partial charge in [-0.05, 0) is 56.7 Å². The summed E-state index contributed by atoms with van der Waals surface area (Å²) in [5.74, 6) is 1.58. The van der Waals surface area contributed by atoms with Crippen LogP contribution in [0.4, 0.5) is 0 Å². The fourth-order valence-corrected chi connectivity index (χ4v) is 4.25. The minimum absolute atomic E-state index is 0.0345. The second kappa shape index (κ2) is 11.0. The second-order valence-electron chi connectivity index (χ2n) is 8.25. The van der Waals surface area contributed by atoms with E-state index in [1.54, 1.807) is 14.2 Å². The summed E-state index contributed by atoms with van der Waals surface area (Å²) < 4.78 is 10.7. The van der Waals surface area contributed by atoms with Gasteiger partial charge in [0, 0.05) is 31.0 Å². The van der Waals surface area contributed by atoms with Gasteiger partial charge in [0.1, 0.15) is 0 Å². The lowest BCUT2D eigenvalue weighted by Crippen LogP contribution is -2.44. The van der Waals surface area contributed by atoms with Crippen LogP contribution in [0.2, 0.25) is 0 Å². The number of likely N-dealkylation sites (tertiary alicyclic amines) is 1. The van der Waals surface area contributed by atoms with Gasteiger partial charge in [0.2, 0.25) is 5.91 Å². The van der Waals surface area contributed by atoms with Crippen LogP contribution < -0.4 is 9.47 Å². The number of aryl methyl sites for hydroxylation is 2. The van der Waals surface area contributed by atoms with E-state index in [0.717, 1.165) is 55.7 Å². The molecule has 0 aliphatic carbocycles. The minimum atomic E-state index is 0.0345. The predicted octanol–water partition coefficient (Wildman–Crippen LogP) is 4.99. The van der Waals surface area contributed by atoms with E-state index in [-0.39, 0.29) is 30.6 Å².